The van der Waals surface area contributed by atoms with E-state index in [1.165, 1.54) is 20.3 Å². The number of hydrogen-bond donors (Lipinski definition) is 3. The van der Waals surface area contributed by atoms with Crippen LogP contribution in [0.15, 0.2) is 34.8 Å². The summed E-state index contributed by atoms with van der Waals surface area (Å²) >= 11 is 4.17. The summed E-state index contributed by atoms with van der Waals surface area (Å²) in [5.74, 6) is -0.367. The summed E-state index contributed by atoms with van der Waals surface area (Å²) in [7, 11) is 3.01. The van der Waals surface area contributed by atoms with E-state index in [4.69, 9.17) is 15.2 Å². The summed E-state index contributed by atoms with van der Waals surface area (Å²) in [4.78, 5) is 17.3. The molecule has 29 heavy (non-hydrogen) atoms. The van der Waals surface area contributed by atoms with Crippen molar-refractivity contribution < 1.29 is 23.8 Å². The average molecular weight is 480 g/mol. The minimum atomic E-state index is -2.16. The first kappa shape index (κ1) is 19.6. The van der Waals surface area contributed by atoms with Crippen molar-refractivity contribution >= 4 is 44.0 Å². The van der Waals surface area contributed by atoms with Crippen molar-refractivity contribution in [3.8, 4) is 22.8 Å². The fourth-order valence-corrected chi connectivity index (χ4v) is 4.79. The molecule has 150 valence electrons. The minimum Gasteiger partial charge on any atom is -0.493 e. The molecule has 1 aromatic heterocycles. The number of rotatable bonds is 4. The summed E-state index contributed by atoms with van der Waals surface area (Å²) in [5, 5.41) is 14.2. The Labute approximate surface area is 177 Å². The van der Waals surface area contributed by atoms with E-state index in [1.807, 2.05) is 0 Å². The number of halogens is 2. The summed E-state index contributed by atoms with van der Waals surface area (Å²) in [6.45, 7) is 0. The van der Waals surface area contributed by atoms with Gasteiger partial charge in [0.1, 0.15) is 5.82 Å². The molecule has 1 aliphatic heterocycles. The zero-order valence-electron chi connectivity index (χ0n) is 15.2. The van der Waals surface area contributed by atoms with Gasteiger partial charge in [-0.1, -0.05) is 11.3 Å². The Bertz CT molecular complexity index is 1150. The van der Waals surface area contributed by atoms with Crippen LogP contribution in [0.2, 0.25) is 0 Å². The largest absolute Gasteiger partial charge is 0.493 e. The number of aromatic nitrogens is 1. The van der Waals surface area contributed by atoms with Crippen LogP contribution in [0.3, 0.4) is 0 Å². The second kappa shape index (κ2) is 6.97. The number of nitrogens with zero attached hydrogens (tertiary/aromatic N) is 1. The van der Waals surface area contributed by atoms with Crippen molar-refractivity contribution in [2.45, 2.75) is 5.60 Å². The first-order chi connectivity index (χ1) is 13.8. The molecular formula is C19H15BrFN3O4S. The Morgan fingerprint density at radius 2 is 1.97 bits per heavy atom. The van der Waals surface area contributed by atoms with Crippen LogP contribution in [0, 0.1) is 5.82 Å². The van der Waals surface area contributed by atoms with Gasteiger partial charge >= 0.3 is 0 Å². The summed E-state index contributed by atoms with van der Waals surface area (Å²) in [5.41, 5.74) is 4.99. The van der Waals surface area contributed by atoms with Crippen molar-refractivity contribution in [2.24, 2.45) is 0 Å². The number of anilines is 2. The molecule has 0 bridgehead atoms. The number of hydrogen-bond acceptors (Lipinski definition) is 7. The van der Waals surface area contributed by atoms with Gasteiger partial charge in [0.2, 0.25) is 5.60 Å². The molecule has 2 aromatic carbocycles. The molecule has 10 heteroatoms. The molecule has 0 aliphatic carbocycles. The Balaban J connectivity index is 1.95. The minimum absolute atomic E-state index is 0.0831. The number of nitrogens with two attached hydrogens (primary N) is 1. The maximum atomic E-state index is 14.1. The fourth-order valence-electron chi connectivity index (χ4n) is 3.30. The van der Waals surface area contributed by atoms with Gasteiger partial charge in [-0.15, -0.1) is 0 Å². The van der Waals surface area contributed by atoms with Crippen molar-refractivity contribution in [2.75, 3.05) is 25.3 Å². The second-order valence-electron chi connectivity index (χ2n) is 6.27. The molecule has 1 aliphatic rings. The lowest BCUT2D eigenvalue weighted by Gasteiger charge is -2.21. The first-order valence-electron chi connectivity index (χ1n) is 8.32. The molecule has 2 heterocycles. The van der Waals surface area contributed by atoms with Crippen molar-refractivity contribution in [1.82, 2.24) is 4.98 Å². The smallest absolute Gasteiger partial charge is 0.266 e. The molecule has 4 rings (SSSR count). The summed E-state index contributed by atoms with van der Waals surface area (Å²) in [6, 6.07) is 7.37. The standard InChI is InChI=1S/C19H15BrFN3O4S/c1-27-12-4-3-8(5-13(12)28-2)14-16(29-18(22)24-14)19(26)10-6-9(21)7-11(20)15(10)23-17(19)25/h3-7,26H,1-2H3,(H2,22,24)(H,23,25)/t19-/m1/s1. The molecule has 0 saturated heterocycles. The van der Waals surface area contributed by atoms with Gasteiger partial charge in [-0.05, 0) is 46.3 Å². The van der Waals surface area contributed by atoms with E-state index in [9.17, 15) is 14.3 Å². The van der Waals surface area contributed by atoms with Crippen LogP contribution in [0.25, 0.3) is 11.3 Å². The lowest BCUT2D eigenvalue weighted by Crippen LogP contribution is -2.35. The van der Waals surface area contributed by atoms with Crippen LogP contribution in [-0.4, -0.2) is 30.2 Å². The van der Waals surface area contributed by atoms with E-state index in [2.05, 4.69) is 26.2 Å². The number of thiazole rings is 1. The molecule has 3 aromatic rings. The lowest BCUT2D eigenvalue weighted by atomic mass is 9.91. The summed E-state index contributed by atoms with van der Waals surface area (Å²) < 4.78 is 25.0. The molecule has 1 amide bonds. The molecule has 0 radical (unpaired) electrons. The highest BCUT2D eigenvalue weighted by Gasteiger charge is 2.51. The van der Waals surface area contributed by atoms with Gasteiger partial charge in [0, 0.05) is 15.6 Å². The van der Waals surface area contributed by atoms with Gasteiger partial charge in [0.15, 0.2) is 16.6 Å². The lowest BCUT2D eigenvalue weighted by molar-refractivity contribution is -0.129. The number of carbonyl (C=O) groups is 1. The Hall–Kier alpha value is -2.69. The maximum Gasteiger partial charge on any atom is 0.266 e. The predicted octanol–water partition coefficient (Wildman–Crippen LogP) is 3.50. The molecule has 4 N–H and O–H groups in total. The zero-order valence-corrected chi connectivity index (χ0v) is 17.6. The van der Waals surface area contributed by atoms with Crippen LogP contribution in [0.1, 0.15) is 10.4 Å². The topological polar surface area (TPSA) is 107 Å². The van der Waals surface area contributed by atoms with E-state index in [-0.39, 0.29) is 15.6 Å². The van der Waals surface area contributed by atoms with Gasteiger partial charge in [-0.25, -0.2) is 9.37 Å². The highest BCUT2D eigenvalue weighted by molar-refractivity contribution is 9.10. The number of amides is 1. The molecule has 0 spiro atoms. The molecule has 7 nitrogen and oxygen atoms in total. The third kappa shape index (κ3) is 2.95. The summed E-state index contributed by atoms with van der Waals surface area (Å²) in [6.07, 6.45) is 0. The number of nitrogen functional groups attached to an aromatic ring is 1. The van der Waals surface area contributed by atoms with E-state index in [0.29, 0.717) is 32.9 Å². The Morgan fingerprint density at radius 3 is 2.66 bits per heavy atom. The average Bonchev–Trinajstić information content (AvgIpc) is 3.21. The molecule has 0 fully saturated rings. The quantitative estimate of drug-likeness (QED) is 0.528. The van der Waals surface area contributed by atoms with Gasteiger partial charge in [-0.2, -0.15) is 0 Å². The zero-order chi connectivity index (χ0) is 20.9. The number of fused-ring (bicyclic) bond motifs is 1. The second-order valence-corrected chi connectivity index (χ2v) is 8.16. The Kier molecular flexibility index (Phi) is 4.72. The van der Waals surface area contributed by atoms with Gasteiger partial charge in [0.25, 0.3) is 5.91 Å². The van der Waals surface area contributed by atoms with Gasteiger partial charge in [-0.3, -0.25) is 4.79 Å². The number of benzene rings is 2. The number of nitrogens with one attached hydrogen (secondary N) is 1. The van der Waals surface area contributed by atoms with E-state index in [0.717, 1.165) is 17.4 Å². The third-order valence-electron chi connectivity index (χ3n) is 4.64. The van der Waals surface area contributed by atoms with Crippen molar-refractivity contribution in [1.29, 1.82) is 0 Å². The highest BCUT2D eigenvalue weighted by atomic mass is 79.9. The van der Waals surface area contributed by atoms with Crippen LogP contribution in [-0.2, 0) is 10.4 Å². The monoisotopic (exact) mass is 479 g/mol. The van der Waals surface area contributed by atoms with E-state index < -0.39 is 17.3 Å². The van der Waals surface area contributed by atoms with Crippen molar-refractivity contribution in [3.05, 3.63) is 51.1 Å². The van der Waals surface area contributed by atoms with Crippen LogP contribution < -0.4 is 20.5 Å². The number of ether oxygens (including phenoxy) is 2. The fraction of sp³-hybridized carbons (Fsp3) is 0.158. The molecule has 0 saturated carbocycles. The predicted molar refractivity (Wildman–Crippen MR) is 111 cm³/mol. The first-order valence-corrected chi connectivity index (χ1v) is 9.93. The highest BCUT2D eigenvalue weighted by Crippen LogP contribution is 2.49. The normalized spacial score (nSPS) is 17.8. The van der Waals surface area contributed by atoms with Gasteiger partial charge < -0.3 is 25.6 Å². The van der Waals surface area contributed by atoms with E-state index in [1.54, 1.807) is 18.2 Å². The van der Waals surface area contributed by atoms with Gasteiger partial charge in [0.05, 0.1) is 30.5 Å². The van der Waals surface area contributed by atoms with Crippen LogP contribution in [0.4, 0.5) is 15.2 Å². The molecule has 0 unspecified atom stereocenters. The van der Waals surface area contributed by atoms with E-state index >= 15 is 0 Å². The molecular weight excluding hydrogens is 465 g/mol. The SMILES string of the molecule is COc1ccc(-c2nc(N)sc2[C@@]2(O)C(=O)Nc3c(Br)cc(F)cc32)cc1OC. The maximum absolute atomic E-state index is 14.1. The third-order valence-corrected chi connectivity index (χ3v) is 6.26. The number of aliphatic hydroxyl groups is 1. The molecule has 1 atom stereocenters. The van der Waals surface area contributed by atoms with Crippen LogP contribution >= 0.6 is 27.3 Å². The van der Waals surface area contributed by atoms with Crippen LogP contribution in [0.5, 0.6) is 11.5 Å². The number of carbonyl (C=O) groups excluding carboxylic acids is 1. The Morgan fingerprint density at radius 1 is 1.24 bits per heavy atom. The van der Waals surface area contributed by atoms with Crippen molar-refractivity contribution in [3.63, 3.8) is 0 Å². The number of methoxy groups -OCH3 is 2.